The zero-order chi connectivity index (χ0) is 16.5. The number of carbonyl (C=O) groups excluding carboxylic acids is 1. The molecule has 118 valence electrons. The van der Waals surface area contributed by atoms with Gasteiger partial charge in [0.05, 0.1) is 32.8 Å². The van der Waals surface area contributed by atoms with E-state index in [0.717, 1.165) is 19.3 Å². The molecule has 0 unspecified atom stereocenters. The highest BCUT2D eigenvalue weighted by Gasteiger charge is 2.09. The number of hydrogen-bond acceptors (Lipinski definition) is 4. The maximum absolute atomic E-state index is 11.4. The number of rotatable bonds is 8. The van der Waals surface area contributed by atoms with Crippen molar-refractivity contribution < 1.29 is 14.3 Å². The second-order valence-electron chi connectivity index (χ2n) is 4.33. The third kappa shape index (κ3) is 6.99. The lowest BCUT2D eigenvalue weighted by atomic mass is 10.2. The van der Waals surface area contributed by atoms with E-state index in [2.05, 4.69) is 86.5 Å². The number of nitriles is 1. The minimum absolute atomic E-state index is 0.00558. The molecule has 0 aromatic heterocycles. The molecule has 0 atom stereocenters. The van der Waals surface area contributed by atoms with Crippen molar-refractivity contribution >= 4 is 73.7 Å². The summed E-state index contributed by atoms with van der Waals surface area (Å²) in [6.07, 6.45) is 1.50. The van der Waals surface area contributed by atoms with E-state index in [4.69, 9.17) is 14.7 Å². The molecule has 0 aliphatic rings. The second-order valence-corrected chi connectivity index (χ2v) is 7.90. The average Bonchev–Trinajstić information content (AvgIpc) is 2.44. The van der Waals surface area contributed by atoms with E-state index in [0.29, 0.717) is 19.6 Å². The predicted octanol–water partition coefficient (Wildman–Crippen LogP) is 4.67. The van der Waals surface area contributed by atoms with Crippen LogP contribution in [0.3, 0.4) is 0 Å². The quantitative estimate of drug-likeness (QED) is 0.180. The van der Waals surface area contributed by atoms with Gasteiger partial charge in [-0.1, -0.05) is 6.58 Å². The molecule has 0 amide bonds. The standard InChI is InChI=1S/C15H14I3NO3/c1-10(4-5-19)15(20)22-7-3-2-6-21-14-12(17)8-11(16)9-13(14)18/h8-9H,1-4,6-7H2. The predicted molar refractivity (Wildman–Crippen MR) is 110 cm³/mol. The molecule has 1 aromatic rings. The zero-order valence-corrected chi connectivity index (χ0v) is 18.2. The average molecular weight is 637 g/mol. The van der Waals surface area contributed by atoms with Crippen LogP contribution in [0.5, 0.6) is 5.75 Å². The van der Waals surface area contributed by atoms with Crippen LogP contribution in [0.4, 0.5) is 0 Å². The molecule has 0 saturated carbocycles. The molecule has 0 heterocycles. The molecule has 0 saturated heterocycles. The van der Waals surface area contributed by atoms with Crippen molar-refractivity contribution in [3.05, 3.63) is 35.0 Å². The number of ether oxygens (including phenoxy) is 2. The van der Waals surface area contributed by atoms with E-state index >= 15 is 0 Å². The van der Waals surface area contributed by atoms with Crippen molar-refractivity contribution in [2.24, 2.45) is 0 Å². The molecule has 0 aliphatic heterocycles. The number of unbranched alkanes of at least 4 members (excludes halogenated alkanes) is 1. The number of benzene rings is 1. The van der Waals surface area contributed by atoms with E-state index in [1.807, 2.05) is 6.07 Å². The van der Waals surface area contributed by atoms with Crippen LogP contribution in [-0.4, -0.2) is 19.2 Å². The maximum Gasteiger partial charge on any atom is 0.334 e. The summed E-state index contributed by atoms with van der Waals surface area (Å²) in [7, 11) is 0. The van der Waals surface area contributed by atoms with Gasteiger partial charge in [-0.2, -0.15) is 5.26 Å². The fraction of sp³-hybridized carbons (Fsp3) is 0.333. The zero-order valence-electron chi connectivity index (χ0n) is 11.7. The van der Waals surface area contributed by atoms with Crippen LogP contribution in [0.15, 0.2) is 24.3 Å². The van der Waals surface area contributed by atoms with Gasteiger partial charge in [-0.25, -0.2) is 4.79 Å². The number of hydrogen-bond donors (Lipinski definition) is 0. The molecule has 22 heavy (non-hydrogen) atoms. The SMILES string of the molecule is C=C(CC#N)C(=O)OCCCCOc1c(I)cc(I)cc1I. The number of nitrogens with zero attached hydrogens (tertiary/aromatic N) is 1. The molecule has 0 spiro atoms. The van der Waals surface area contributed by atoms with Crippen molar-refractivity contribution in [1.29, 1.82) is 5.26 Å². The minimum atomic E-state index is -0.496. The van der Waals surface area contributed by atoms with Gasteiger partial charge in [-0.3, -0.25) is 0 Å². The molecule has 7 heteroatoms. The Morgan fingerprint density at radius 3 is 2.36 bits per heavy atom. The smallest absolute Gasteiger partial charge is 0.334 e. The molecular formula is C15H14I3NO3. The molecule has 0 aliphatic carbocycles. The van der Waals surface area contributed by atoms with E-state index in [1.165, 1.54) is 3.57 Å². The Balaban J connectivity index is 2.26. The monoisotopic (exact) mass is 637 g/mol. The van der Waals surface area contributed by atoms with Gasteiger partial charge in [0, 0.05) is 9.14 Å². The summed E-state index contributed by atoms with van der Waals surface area (Å²) in [5.74, 6) is 0.408. The van der Waals surface area contributed by atoms with Gasteiger partial charge >= 0.3 is 5.97 Å². The number of carbonyl (C=O) groups is 1. The lowest BCUT2D eigenvalue weighted by Gasteiger charge is -2.11. The Morgan fingerprint density at radius 2 is 1.77 bits per heavy atom. The van der Waals surface area contributed by atoms with E-state index < -0.39 is 5.97 Å². The Morgan fingerprint density at radius 1 is 1.18 bits per heavy atom. The summed E-state index contributed by atoms with van der Waals surface area (Å²) in [4.78, 5) is 11.4. The summed E-state index contributed by atoms with van der Waals surface area (Å²) < 4.78 is 14.2. The van der Waals surface area contributed by atoms with Crippen LogP contribution < -0.4 is 4.74 Å². The van der Waals surface area contributed by atoms with Gasteiger partial charge in [0.15, 0.2) is 0 Å². The Kier molecular flexibility index (Phi) is 9.65. The fourth-order valence-electron chi connectivity index (χ4n) is 1.48. The third-order valence-corrected chi connectivity index (χ3v) is 4.79. The largest absolute Gasteiger partial charge is 0.491 e. The van der Waals surface area contributed by atoms with Crippen LogP contribution in [0.1, 0.15) is 19.3 Å². The van der Waals surface area contributed by atoms with Crippen molar-refractivity contribution in [3.63, 3.8) is 0 Å². The van der Waals surface area contributed by atoms with Crippen LogP contribution in [0, 0.1) is 22.0 Å². The van der Waals surface area contributed by atoms with Gasteiger partial charge in [0.2, 0.25) is 0 Å². The van der Waals surface area contributed by atoms with E-state index in [-0.39, 0.29) is 12.0 Å². The van der Waals surface area contributed by atoms with Gasteiger partial charge in [0.25, 0.3) is 0 Å². The molecule has 1 aromatic carbocycles. The maximum atomic E-state index is 11.4. The molecule has 4 nitrogen and oxygen atoms in total. The van der Waals surface area contributed by atoms with Crippen LogP contribution >= 0.6 is 67.8 Å². The van der Waals surface area contributed by atoms with Gasteiger partial charge < -0.3 is 9.47 Å². The van der Waals surface area contributed by atoms with Crippen molar-refractivity contribution in [2.75, 3.05) is 13.2 Å². The summed E-state index contributed by atoms with van der Waals surface area (Å²) in [6.45, 7) is 4.39. The van der Waals surface area contributed by atoms with Gasteiger partial charge in [-0.15, -0.1) is 0 Å². The first kappa shape index (κ1) is 20.0. The lowest BCUT2D eigenvalue weighted by Crippen LogP contribution is -2.09. The highest BCUT2D eigenvalue weighted by Crippen LogP contribution is 2.29. The van der Waals surface area contributed by atoms with E-state index in [1.54, 1.807) is 0 Å². The first-order chi connectivity index (χ1) is 10.5. The molecule has 1 rings (SSSR count). The minimum Gasteiger partial charge on any atom is -0.491 e. The molecule has 0 fully saturated rings. The van der Waals surface area contributed by atoms with Gasteiger partial charge in [-0.05, 0) is 92.7 Å². The second kappa shape index (κ2) is 10.6. The summed E-state index contributed by atoms with van der Waals surface area (Å²) in [5, 5.41) is 8.46. The summed E-state index contributed by atoms with van der Waals surface area (Å²) in [6, 6.07) is 6.01. The lowest BCUT2D eigenvalue weighted by molar-refractivity contribution is -0.139. The van der Waals surface area contributed by atoms with Crippen LogP contribution in [0.2, 0.25) is 0 Å². The first-order valence-electron chi connectivity index (χ1n) is 6.45. The Hall–Kier alpha value is -0.0900. The molecule has 0 N–H and O–H groups in total. The highest BCUT2D eigenvalue weighted by atomic mass is 127. The molecule has 0 bridgehead atoms. The van der Waals surface area contributed by atoms with Crippen molar-refractivity contribution in [2.45, 2.75) is 19.3 Å². The number of esters is 1. The van der Waals surface area contributed by atoms with Crippen LogP contribution in [0.25, 0.3) is 0 Å². The first-order valence-corrected chi connectivity index (χ1v) is 9.68. The number of halogens is 3. The highest BCUT2D eigenvalue weighted by molar-refractivity contribution is 14.1. The normalized spacial score (nSPS) is 9.91. The van der Waals surface area contributed by atoms with Crippen molar-refractivity contribution in [1.82, 2.24) is 0 Å². The molecular weight excluding hydrogens is 623 g/mol. The summed E-state index contributed by atoms with van der Waals surface area (Å²) in [5.41, 5.74) is 0.196. The van der Waals surface area contributed by atoms with E-state index in [9.17, 15) is 4.79 Å². The third-order valence-electron chi connectivity index (χ3n) is 2.56. The molecule has 0 radical (unpaired) electrons. The van der Waals surface area contributed by atoms with Crippen LogP contribution in [-0.2, 0) is 9.53 Å². The fourth-order valence-corrected chi connectivity index (χ4v) is 5.37. The van der Waals surface area contributed by atoms with Gasteiger partial charge in [0.1, 0.15) is 5.75 Å². The van der Waals surface area contributed by atoms with Crippen molar-refractivity contribution in [3.8, 4) is 11.8 Å². The Labute approximate surface area is 171 Å². The summed E-state index contributed by atoms with van der Waals surface area (Å²) >= 11 is 6.81. The Bertz CT molecular complexity index is 573. The topological polar surface area (TPSA) is 59.3 Å².